The summed E-state index contributed by atoms with van der Waals surface area (Å²) in [5, 5.41) is 2.71. The highest BCUT2D eigenvalue weighted by atomic mass is 16.2. The first-order chi connectivity index (χ1) is 21.3. The number of unbranched alkanes of at least 4 members (excludes halogenated alkanes) is 20. The van der Waals surface area contributed by atoms with E-state index in [1.165, 1.54) is 116 Å². The highest BCUT2D eigenvalue weighted by Gasteiger charge is 2.21. The molecule has 0 aromatic rings. The van der Waals surface area contributed by atoms with Crippen molar-refractivity contribution in [3.63, 3.8) is 0 Å². The molecular weight excluding hydrogens is 550 g/mol. The third kappa shape index (κ3) is 26.5. The van der Waals surface area contributed by atoms with Crippen LogP contribution in [-0.2, 0) is 9.59 Å². The van der Waals surface area contributed by atoms with Gasteiger partial charge in [-0.3, -0.25) is 14.6 Å². The van der Waals surface area contributed by atoms with Crippen molar-refractivity contribution >= 4 is 17.8 Å². The van der Waals surface area contributed by atoms with Crippen LogP contribution in [0.15, 0.2) is 4.99 Å². The Morgan fingerprint density at radius 2 is 1.05 bits per heavy atom. The van der Waals surface area contributed by atoms with Crippen molar-refractivity contribution in [3.8, 4) is 0 Å². The van der Waals surface area contributed by atoms with Crippen molar-refractivity contribution < 1.29 is 9.59 Å². The average molecular weight is 623 g/mol. The van der Waals surface area contributed by atoms with E-state index in [1.54, 1.807) is 0 Å². The first-order valence-electron chi connectivity index (χ1n) is 18.4. The summed E-state index contributed by atoms with van der Waals surface area (Å²) >= 11 is 0. The van der Waals surface area contributed by atoms with E-state index in [4.69, 9.17) is 22.9 Å². The molecule has 0 saturated heterocycles. The van der Waals surface area contributed by atoms with E-state index in [2.05, 4.69) is 24.2 Å². The molecule has 0 aliphatic heterocycles. The lowest BCUT2D eigenvalue weighted by Crippen LogP contribution is -2.51. The van der Waals surface area contributed by atoms with Crippen molar-refractivity contribution in [3.05, 3.63) is 5.73 Å². The lowest BCUT2D eigenvalue weighted by atomic mass is 10.0. The van der Waals surface area contributed by atoms with E-state index in [0.29, 0.717) is 19.4 Å². The number of aliphatic imine (C=N–C) groups is 1. The van der Waals surface area contributed by atoms with Gasteiger partial charge in [0.15, 0.2) is 5.96 Å². The summed E-state index contributed by atoms with van der Waals surface area (Å²) < 4.78 is 0. The predicted octanol–water partition coefficient (Wildman–Crippen LogP) is 7.35. The number of hydrogen-bond acceptors (Lipinski definition) is 4. The number of guanidine groups is 1. The fourth-order valence-electron chi connectivity index (χ4n) is 5.56. The molecule has 2 amide bonds. The Balaban J connectivity index is 4.48. The van der Waals surface area contributed by atoms with Crippen LogP contribution in [0.2, 0.25) is 0 Å². The molecule has 0 rings (SSSR count). The maximum Gasteiger partial charge on any atom is 0.241 e. The fraction of sp³-hybridized carbons (Fsp3) is 0.914. The SMILES string of the molecule is CCCCCCCCCCCCCCN(CCCCCCCCCCCC)C(=O)C(N)CNC(=O)C([NH-])CCCN=C(N)N. The highest BCUT2D eigenvalue weighted by Crippen LogP contribution is 2.14. The van der Waals surface area contributed by atoms with Gasteiger partial charge in [0, 0.05) is 26.2 Å². The van der Waals surface area contributed by atoms with Crippen LogP contribution in [-0.4, -0.2) is 60.9 Å². The second-order valence-electron chi connectivity index (χ2n) is 12.7. The number of carbonyl (C=O) groups excluding carboxylic acids is 2. The summed E-state index contributed by atoms with van der Waals surface area (Å²) in [5.41, 5.74) is 25.0. The molecule has 2 atom stereocenters. The molecule has 260 valence electrons. The van der Waals surface area contributed by atoms with E-state index in [-0.39, 0.29) is 18.4 Å². The smallest absolute Gasteiger partial charge is 0.241 e. The first-order valence-corrected chi connectivity index (χ1v) is 18.4. The molecule has 0 saturated carbocycles. The number of nitrogens with two attached hydrogens (primary N) is 3. The Morgan fingerprint density at radius 1 is 0.659 bits per heavy atom. The lowest BCUT2D eigenvalue weighted by molar-refractivity contribution is -0.132. The van der Waals surface area contributed by atoms with Crippen LogP contribution in [0.3, 0.4) is 0 Å². The molecule has 0 aromatic heterocycles. The monoisotopic (exact) mass is 623 g/mol. The Kier molecular flexibility index (Phi) is 29.8. The zero-order valence-corrected chi connectivity index (χ0v) is 28.9. The number of amides is 2. The van der Waals surface area contributed by atoms with Crippen molar-refractivity contribution in [2.75, 3.05) is 26.2 Å². The van der Waals surface area contributed by atoms with Crippen LogP contribution >= 0.6 is 0 Å². The minimum atomic E-state index is -0.935. The van der Waals surface area contributed by atoms with E-state index in [1.807, 2.05) is 4.90 Å². The zero-order valence-electron chi connectivity index (χ0n) is 28.9. The molecule has 0 heterocycles. The predicted molar refractivity (Wildman–Crippen MR) is 189 cm³/mol. The van der Waals surface area contributed by atoms with Crippen molar-refractivity contribution in [1.82, 2.24) is 10.2 Å². The van der Waals surface area contributed by atoms with Crippen molar-refractivity contribution in [1.29, 1.82) is 0 Å². The third-order valence-electron chi connectivity index (χ3n) is 8.45. The average Bonchev–Trinajstić information content (AvgIpc) is 3.01. The maximum absolute atomic E-state index is 13.3. The summed E-state index contributed by atoms with van der Waals surface area (Å²) in [6.45, 7) is 6.40. The Labute approximate surface area is 271 Å². The van der Waals surface area contributed by atoms with Gasteiger partial charge in [0.05, 0.1) is 0 Å². The standard InChI is InChI=1S/C35H72N7O2/c1-3-5-7-9-11-13-15-16-18-20-22-24-29-42(28-23-21-19-17-14-12-10-8-6-4-2)34(44)32(37)30-41-33(43)31(36)26-25-27-40-35(38)39/h31-32,36H,3-30,37H2,1-2H3,(H,41,43)(H4,38,39,40)/q-1. The highest BCUT2D eigenvalue weighted by molar-refractivity contribution is 5.85. The molecule has 9 nitrogen and oxygen atoms in total. The van der Waals surface area contributed by atoms with Gasteiger partial charge in [0.1, 0.15) is 6.04 Å². The molecule has 44 heavy (non-hydrogen) atoms. The number of rotatable bonds is 32. The summed E-state index contributed by atoms with van der Waals surface area (Å²) in [5.74, 6) is -0.509. The van der Waals surface area contributed by atoms with Crippen LogP contribution < -0.4 is 22.5 Å². The van der Waals surface area contributed by atoms with Crippen LogP contribution in [0, 0.1) is 0 Å². The molecule has 0 fully saturated rings. The summed E-state index contributed by atoms with van der Waals surface area (Å²) in [6, 6.07) is -1.73. The number of nitrogens with zero attached hydrogens (tertiary/aromatic N) is 2. The molecule has 0 aliphatic carbocycles. The summed E-state index contributed by atoms with van der Waals surface area (Å²) in [6.07, 6.45) is 28.9. The van der Waals surface area contributed by atoms with Gasteiger partial charge < -0.3 is 33.2 Å². The Bertz CT molecular complexity index is 701. The molecule has 0 spiro atoms. The van der Waals surface area contributed by atoms with Gasteiger partial charge in [-0.2, -0.15) is 0 Å². The normalized spacial score (nSPS) is 12.5. The Morgan fingerprint density at radius 3 is 1.43 bits per heavy atom. The lowest BCUT2D eigenvalue weighted by Gasteiger charge is -2.27. The van der Waals surface area contributed by atoms with Gasteiger partial charge in [-0.1, -0.05) is 155 Å². The van der Waals surface area contributed by atoms with Crippen LogP contribution in [0.25, 0.3) is 5.73 Å². The maximum atomic E-state index is 13.3. The van der Waals surface area contributed by atoms with E-state index in [0.717, 1.165) is 38.8 Å². The van der Waals surface area contributed by atoms with Gasteiger partial charge in [0.25, 0.3) is 0 Å². The Hall–Kier alpha value is -1.87. The molecule has 0 radical (unpaired) electrons. The fourth-order valence-corrected chi connectivity index (χ4v) is 5.56. The van der Waals surface area contributed by atoms with Crippen molar-refractivity contribution in [2.24, 2.45) is 22.2 Å². The van der Waals surface area contributed by atoms with Crippen molar-refractivity contribution in [2.45, 2.75) is 180 Å². The van der Waals surface area contributed by atoms with Gasteiger partial charge in [-0.15, -0.1) is 0 Å². The topological polar surface area (TPSA) is 164 Å². The van der Waals surface area contributed by atoms with Gasteiger partial charge in [0.2, 0.25) is 11.8 Å². The third-order valence-corrected chi connectivity index (χ3v) is 8.45. The molecule has 8 N–H and O–H groups in total. The minimum Gasteiger partial charge on any atom is -0.667 e. The second-order valence-corrected chi connectivity index (χ2v) is 12.7. The van der Waals surface area contributed by atoms with E-state index < -0.39 is 18.0 Å². The van der Waals surface area contributed by atoms with Crippen LogP contribution in [0.5, 0.6) is 0 Å². The first kappa shape index (κ1) is 42.1. The zero-order chi connectivity index (χ0) is 32.7. The molecular formula is C35H72N7O2-. The minimum absolute atomic E-state index is 0.00586. The second kappa shape index (κ2) is 31.1. The van der Waals surface area contributed by atoms with E-state index in [9.17, 15) is 9.59 Å². The molecule has 0 bridgehead atoms. The molecule has 0 aromatic carbocycles. The number of nitrogens with one attached hydrogen (secondary N) is 2. The number of hydrogen-bond donors (Lipinski definition) is 4. The van der Waals surface area contributed by atoms with E-state index >= 15 is 0 Å². The summed E-state index contributed by atoms with van der Waals surface area (Å²) in [7, 11) is 0. The molecule has 2 unspecified atom stereocenters. The van der Waals surface area contributed by atoms with Crippen LogP contribution in [0.4, 0.5) is 0 Å². The van der Waals surface area contributed by atoms with Gasteiger partial charge in [-0.05, 0) is 19.3 Å². The molecule has 9 heteroatoms. The van der Waals surface area contributed by atoms with Gasteiger partial charge >= 0.3 is 0 Å². The largest absolute Gasteiger partial charge is 0.667 e. The summed E-state index contributed by atoms with van der Waals surface area (Å²) in [4.78, 5) is 31.5. The number of carbonyl (C=O) groups is 2. The quantitative estimate of drug-likeness (QED) is 0.0349. The van der Waals surface area contributed by atoms with Crippen LogP contribution in [0.1, 0.15) is 168 Å². The molecule has 0 aliphatic rings. The van der Waals surface area contributed by atoms with Gasteiger partial charge in [-0.25, -0.2) is 0 Å².